The molecule has 0 bridgehead atoms. The van der Waals surface area contributed by atoms with E-state index in [2.05, 4.69) is 4.98 Å². The van der Waals surface area contributed by atoms with Gasteiger partial charge in [-0.15, -0.1) is 0 Å². The van der Waals surface area contributed by atoms with Crippen LogP contribution in [0.4, 0.5) is 5.69 Å². The number of aromatic nitrogens is 1. The fourth-order valence-corrected chi connectivity index (χ4v) is 2.20. The van der Waals surface area contributed by atoms with Crippen LogP contribution in [0, 0.1) is 16.0 Å². The number of nitrogens with zero attached hydrogens (tertiary/aromatic N) is 2. The maximum absolute atomic E-state index is 10.8. The summed E-state index contributed by atoms with van der Waals surface area (Å²) in [5, 5.41) is 19.9. The minimum absolute atomic E-state index is 0.0404. The standard InChI is InChI=1S/C12H16N2O4/c15-8-9-3-5-10(6-4-9)18-12-11(14(16)17)2-1-7-13-12/h1-2,7,9-10,15H,3-6,8H2. The lowest BCUT2D eigenvalue weighted by Gasteiger charge is -2.27. The lowest BCUT2D eigenvalue weighted by molar-refractivity contribution is -0.386. The van der Waals surface area contributed by atoms with Crippen LogP contribution in [0.3, 0.4) is 0 Å². The van der Waals surface area contributed by atoms with Gasteiger partial charge < -0.3 is 9.84 Å². The van der Waals surface area contributed by atoms with Crippen molar-refractivity contribution in [3.8, 4) is 5.88 Å². The van der Waals surface area contributed by atoms with Crippen molar-refractivity contribution >= 4 is 5.69 Å². The quantitative estimate of drug-likeness (QED) is 0.653. The second-order valence-electron chi connectivity index (χ2n) is 4.53. The average molecular weight is 252 g/mol. The van der Waals surface area contributed by atoms with E-state index in [-0.39, 0.29) is 24.3 Å². The number of aliphatic hydroxyl groups excluding tert-OH is 1. The topological polar surface area (TPSA) is 85.5 Å². The highest BCUT2D eigenvalue weighted by Crippen LogP contribution is 2.30. The number of hydrogen-bond donors (Lipinski definition) is 1. The Labute approximate surface area is 105 Å². The zero-order valence-corrected chi connectivity index (χ0v) is 9.99. The van der Waals surface area contributed by atoms with Crippen molar-refractivity contribution in [1.29, 1.82) is 0 Å². The Morgan fingerprint density at radius 2 is 2.17 bits per heavy atom. The molecule has 18 heavy (non-hydrogen) atoms. The highest BCUT2D eigenvalue weighted by molar-refractivity contribution is 5.39. The zero-order valence-electron chi connectivity index (χ0n) is 9.99. The minimum Gasteiger partial charge on any atom is -0.469 e. The van der Waals surface area contributed by atoms with E-state index in [1.807, 2.05) is 0 Å². The molecule has 0 amide bonds. The van der Waals surface area contributed by atoms with Gasteiger partial charge in [0.25, 0.3) is 5.88 Å². The lowest BCUT2D eigenvalue weighted by atomic mass is 9.88. The predicted octanol–water partition coefficient (Wildman–Crippen LogP) is 1.92. The molecule has 6 nitrogen and oxygen atoms in total. The van der Waals surface area contributed by atoms with E-state index in [9.17, 15) is 10.1 Å². The normalized spacial score (nSPS) is 23.6. The lowest BCUT2D eigenvalue weighted by Crippen LogP contribution is -2.26. The highest BCUT2D eigenvalue weighted by Gasteiger charge is 2.25. The molecule has 1 N–H and O–H groups in total. The van der Waals surface area contributed by atoms with E-state index in [1.54, 1.807) is 0 Å². The van der Waals surface area contributed by atoms with Gasteiger partial charge in [0.05, 0.1) is 4.92 Å². The van der Waals surface area contributed by atoms with Crippen molar-refractivity contribution in [3.05, 3.63) is 28.4 Å². The Morgan fingerprint density at radius 1 is 1.44 bits per heavy atom. The maximum Gasteiger partial charge on any atom is 0.330 e. The Bertz CT molecular complexity index is 416. The molecule has 1 fully saturated rings. The Kier molecular flexibility index (Phi) is 4.09. The molecule has 0 unspecified atom stereocenters. The van der Waals surface area contributed by atoms with Gasteiger partial charge in [0.1, 0.15) is 6.10 Å². The average Bonchev–Trinajstić information content (AvgIpc) is 2.40. The van der Waals surface area contributed by atoms with Crippen LogP contribution in [0.25, 0.3) is 0 Å². The highest BCUT2D eigenvalue weighted by atomic mass is 16.6. The molecule has 98 valence electrons. The number of hydrogen-bond acceptors (Lipinski definition) is 5. The molecule has 1 heterocycles. The molecule has 1 aliphatic carbocycles. The molecule has 0 spiro atoms. The number of rotatable bonds is 4. The van der Waals surface area contributed by atoms with Gasteiger partial charge in [-0.3, -0.25) is 10.1 Å². The maximum atomic E-state index is 10.8. The summed E-state index contributed by atoms with van der Waals surface area (Å²) in [5.74, 6) is 0.429. The molecule has 0 aliphatic heterocycles. The van der Waals surface area contributed by atoms with Crippen molar-refractivity contribution in [1.82, 2.24) is 4.98 Å². The van der Waals surface area contributed by atoms with Gasteiger partial charge in [0.2, 0.25) is 0 Å². The number of ether oxygens (including phenoxy) is 1. The SMILES string of the molecule is O=[N+]([O-])c1cccnc1OC1CCC(CO)CC1. The Balaban J connectivity index is 2.00. The number of nitro groups is 1. The van der Waals surface area contributed by atoms with Gasteiger partial charge >= 0.3 is 5.69 Å². The Morgan fingerprint density at radius 3 is 2.78 bits per heavy atom. The summed E-state index contributed by atoms with van der Waals surface area (Å²) in [7, 11) is 0. The van der Waals surface area contributed by atoms with Crippen LogP contribution in [-0.4, -0.2) is 27.7 Å². The van der Waals surface area contributed by atoms with Crippen molar-refractivity contribution < 1.29 is 14.8 Å². The van der Waals surface area contributed by atoms with E-state index < -0.39 is 4.92 Å². The van der Waals surface area contributed by atoms with Crippen molar-refractivity contribution in [2.24, 2.45) is 5.92 Å². The third-order valence-corrected chi connectivity index (χ3v) is 3.28. The number of pyridine rings is 1. The minimum atomic E-state index is -0.484. The second-order valence-corrected chi connectivity index (χ2v) is 4.53. The molecule has 0 aromatic carbocycles. The molecule has 1 aliphatic rings. The van der Waals surface area contributed by atoms with Crippen LogP contribution in [0.2, 0.25) is 0 Å². The second kappa shape index (κ2) is 5.77. The molecule has 6 heteroatoms. The first kappa shape index (κ1) is 12.8. The van der Waals surface area contributed by atoms with E-state index >= 15 is 0 Å². The van der Waals surface area contributed by atoms with Crippen LogP contribution in [0.15, 0.2) is 18.3 Å². The molecule has 2 rings (SSSR count). The van der Waals surface area contributed by atoms with Gasteiger partial charge in [-0.05, 0) is 37.7 Å². The van der Waals surface area contributed by atoms with E-state index in [1.165, 1.54) is 18.3 Å². The van der Waals surface area contributed by atoms with Gasteiger partial charge in [-0.25, -0.2) is 4.98 Å². The summed E-state index contributed by atoms with van der Waals surface area (Å²) in [6, 6.07) is 2.91. The van der Waals surface area contributed by atoms with Gasteiger partial charge in [0.15, 0.2) is 0 Å². The first-order valence-corrected chi connectivity index (χ1v) is 6.07. The van der Waals surface area contributed by atoms with Crippen LogP contribution < -0.4 is 4.74 Å². The molecule has 1 aromatic heterocycles. The third-order valence-electron chi connectivity index (χ3n) is 3.28. The van der Waals surface area contributed by atoms with Crippen molar-refractivity contribution in [2.45, 2.75) is 31.8 Å². The van der Waals surface area contributed by atoms with Gasteiger partial charge in [0, 0.05) is 18.9 Å². The molecule has 1 aromatic rings. The van der Waals surface area contributed by atoms with E-state index in [0.29, 0.717) is 5.92 Å². The monoisotopic (exact) mass is 252 g/mol. The number of aliphatic hydroxyl groups is 1. The van der Waals surface area contributed by atoms with Crippen molar-refractivity contribution in [2.75, 3.05) is 6.61 Å². The summed E-state index contributed by atoms with van der Waals surface area (Å²) in [4.78, 5) is 14.2. The molecule has 1 saturated carbocycles. The molecule has 0 saturated heterocycles. The fraction of sp³-hybridized carbons (Fsp3) is 0.583. The van der Waals surface area contributed by atoms with Crippen LogP contribution in [0.1, 0.15) is 25.7 Å². The van der Waals surface area contributed by atoms with Crippen LogP contribution >= 0.6 is 0 Å². The van der Waals surface area contributed by atoms with Crippen LogP contribution in [0.5, 0.6) is 5.88 Å². The van der Waals surface area contributed by atoms with Crippen LogP contribution in [-0.2, 0) is 0 Å². The zero-order chi connectivity index (χ0) is 13.0. The molecule has 0 atom stereocenters. The van der Waals surface area contributed by atoms with E-state index in [0.717, 1.165) is 25.7 Å². The van der Waals surface area contributed by atoms with E-state index in [4.69, 9.17) is 9.84 Å². The van der Waals surface area contributed by atoms with Gasteiger partial charge in [-0.1, -0.05) is 0 Å². The van der Waals surface area contributed by atoms with Crippen molar-refractivity contribution in [3.63, 3.8) is 0 Å². The summed E-state index contributed by atoms with van der Waals surface area (Å²) in [5.41, 5.74) is -0.0956. The smallest absolute Gasteiger partial charge is 0.330 e. The Hall–Kier alpha value is -1.69. The summed E-state index contributed by atoms with van der Waals surface area (Å²) < 4.78 is 5.61. The summed E-state index contributed by atoms with van der Waals surface area (Å²) >= 11 is 0. The molecular formula is C12H16N2O4. The summed E-state index contributed by atoms with van der Waals surface area (Å²) in [6.45, 7) is 0.205. The first-order valence-electron chi connectivity index (χ1n) is 6.07. The molecule has 0 radical (unpaired) electrons. The van der Waals surface area contributed by atoms with Gasteiger partial charge in [-0.2, -0.15) is 0 Å². The fourth-order valence-electron chi connectivity index (χ4n) is 2.20. The largest absolute Gasteiger partial charge is 0.469 e. The summed E-state index contributed by atoms with van der Waals surface area (Å²) in [6.07, 6.45) is 4.84. The third kappa shape index (κ3) is 2.95. The first-order chi connectivity index (χ1) is 8.70. The molecular weight excluding hydrogens is 236 g/mol. The predicted molar refractivity (Wildman–Crippen MR) is 64.4 cm³/mol.